The number of fused-ring (bicyclic) bond motifs is 1. The summed E-state index contributed by atoms with van der Waals surface area (Å²) in [4.78, 5) is 4.35. The molecule has 0 aliphatic carbocycles. The molecule has 100 valence electrons. The SMILES string of the molecule is NC(c1ccc(Cl)c(Cl)c1)c1ccc2cccnc2c1. The fourth-order valence-corrected chi connectivity index (χ4v) is 2.48. The first-order chi connectivity index (χ1) is 9.65. The second-order valence-electron chi connectivity index (χ2n) is 4.61. The predicted octanol–water partition coefficient (Wildman–Crippen LogP) is 4.59. The molecular weight excluding hydrogens is 291 g/mol. The summed E-state index contributed by atoms with van der Waals surface area (Å²) < 4.78 is 0. The van der Waals surface area contributed by atoms with Gasteiger partial charge < -0.3 is 5.73 Å². The van der Waals surface area contributed by atoms with Crippen molar-refractivity contribution in [3.05, 3.63) is 75.9 Å². The van der Waals surface area contributed by atoms with Crippen LogP contribution in [0.4, 0.5) is 0 Å². The molecule has 4 heteroatoms. The average Bonchev–Trinajstić information content (AvgIpc) is 2.49. The molecule has 0 aliphatic rings. The Morgan fingerprint density at radius 3 is 2.45 bits per heavy atom. The molecule has 3 aromatic rings. The third-order valence-corrected chi connectivity index (χ3v) is 4.03. The number of halogens is 2. The van der Waals surface area contributed by atoms with E-state index in [-0.39, 0.29) is 6.04 Å². The Hall–Kier alpha value is -1.61. The Labute approximate surface area is 127 Å². The molecule has 0 bridgehead atoms. The van der Waals surface area contributed by atoms with E-state index in [1.807, 2.05) is 36.4 Å². The molecule has 0 saturated heterocycles. The lowest BCUT2D eigenvalue weighted by Crippen LogP contribution is -2.11. The number of benzene rings is 2. The van der Waals surface area contributed by atoms with Crippen LogP contribution >= 0.6 is 23.2 Å². The Balaban J connectivity index is 2.02. The van der Waals surface area contributed by atoms with Gasteiger partial charge in [-0.05, 0) is 35.4 Å². The van der Waals surface area contributed by atoms with Gasteiger partial charge in [0.25, 0.3) is 0 Å². The molecule has 0 fully saturated rings. The van der Waals surface area contributed by atoms with Gasteiger partial charge >= 0.3 is 0 Å². The van der Waals surface area contributed by atoms with Crippen LogP contribution in [0.1, 0.15) is 17.2 Å². The molecule has 1 atom stereocenters. The van der Waals surface area contributed by atoms with Crippen molar-refractivity contribution in [2.24, 2.45) is 5.73 Å². The summed E-state index contributed by atoms with van der Waals surface area (Å²) in [6.07, 6.45) is 1.77. The molecule has 1 unspecified atom stereocenters. The number of nitrogens with zero attached hydrogens (tertiary/aromatic N) is 1. The summed E-state index contributed by atoms with van der Waals surface area (Å²) in [5.41, 5.74) is 9.15. The molecule has 3 rings (SSSR count). The monoisotopic (exact) mass is 302 g/mol. The van der Waals surface area contributed by atoms with E-state index in [4.69, 9.17) is 28.9 Å². The summed E-state index contributed by atoms with van der Waals surface area (Å²) in [6.45, 7) is 0. The van der Waals surface area contributed by atoms with E-state index in [1.54, 1.807) is 18.3 Å². The van der Waals surface area contributed by atoms with Crippen molar-refractivity contribution in [3.63, 3.8) is 0 Å². The van der Waals surface area contributed by atoms with Gasteiger partial charge in [0.05, 0.1) is 21.6 Å². The lowest BCUT2D eigenvalue weighted by Gasteiger charge is -2.14. The molecule has 1 heterocycles. The summed E-state index contributed by atoms with van der Waals surface area (Å²) in [5, 5.41) is 2.14. The van der Waals surface area contributed by atoms with Crippen molar-refractivity contribution in [3.8, 4) is 0 Å². The van der Waals surface area contributed by atoms with Gasteiger partial charge in [-0.25, -0.2) is 0 Å². The van der Waals surface area contributed by atoms with E-state index >= 15 is 0 Å². The van der Waals surface area contributed by atoms with Crippen molar-refractivity contribution in [2.45, 2.75) is 6.04 Å². The molecular formula is C16H12Cl2N2. The lowest BCUT2D eigenvalue weighted by molar-refractivity contribution is 0.873. The standard InChI is InChI=1S/C16H12Cl2N2/c17-13-6-5-11(8-14(13)18)16(19)12-4-3-10-2-1-7-20-15(10)9-12/h1-9,16H,19H2. The lowest BCUT2D eigenvalue weighted by atomic mass is 9.98. The number of aromatic nitrogens is 1. The van der Waals surface area contributed by atoms with E-state index in [0.717, 1.165) is 22.0 Å². The minimum absolute atomic E-state index is 0.254. The minimum atomic E-state index is -0.254. The Morgan fingerprint density at radius 1 is 0.900 bits per heavy atom. The first-order valence-corrected chi connectivity index (χ1v) is 6.96. The average molecular weight is 303 g/mol. The quantitative estimate of drug-likeness (QED) is 0.752. The maximum Gasteiger partial charge on any atom is 0.0705 e. The summed E-state index contributed by atoms with van der Waals surface area (Å²) in [7, 11) is 0. The van der Waals surface area contributed by atoms with E-state index < -0.39 is 0 Å². The zero-order chi connectivity index (χ0) is 14.1. The number of nitrogens with two attached hydrogens (primary N) is 1. The van der Waals surface area contributed by atoms with Crippen LogP contribution in [0, 0.1) is 0 Å². The maximum absolute atomic E-state index is 6.30. The number of rotatable bonds is 2. The number of hydrogen-bond donors (Lipinski definition) is 1. The minimum Gasteiger partial charge on any atom is -0.320 e. The molecule has 0 radical (unpaired) electrons. The largest absolute Gasteiger partial charge is 0.320 e. The van der Waals surface area contributed by atoms with Crippen LogP contribution in [0.15, 0.2) is 54.7 Å². The van der Waals surface area contributed by atoms with Crippen molar-refractivity contribution in [1.82, 2.24) is 4.98 Å². The molecule has 20 heavy (non-hydrogen) atoms. The first kappa shape index (κ1) is 13.4. The zero-order valence-electron chi connectivity index (χ0n) is 10.6. The molecule has 0 amide bonds. The van der Waals surface area contributed by atoms with Gasteiger partial charge in [-0.2, -0.15) is 0 Å². The van der Waals surface area contributed by atoms with Gasteiger partial charge in [-0.1, -0.05) is 47.5 Å². The molecule has 2 N–H and O–H groups in total. The third kappa shape index (κ3) is 2.50. The fraction of sp³-hybridized carbons (Fsp3) is 0.0625. The van der Waals surface area contributed by atoms with Crippen LogP contribution in [0.5, 0.6) is 0 Å². The third-order valence-electron chi connectivity index (χ3n) is 3.29. The van der Waals surface area contributed by atoms with Crippen molar-refractivity contribution >= 4 is 34.1 Å². The highest BCUT2D eigenvalue weighted by Crippen LogP contribution is 2.28. The van der Waals surface area contributed by atoms with Gasteiger partial charge in [0.15, 0.2) is 0 Å². The molecule has 0 saturated carbocycles. The predicted molar refractivity (Wildman–Crippen MR) is 84.2 cm³/mol. The normalized spacial score (nSPS) is 12.6. The highest BCUT2D eigenvalue weighted by molar-refractivity contribution is 6.42. The van der Waals surface area contributed by atoms with Crippen molar-refractivity contribution in [2.75, 3.05) is 0 Å². The summed E-state index contributed by atoms with van der Waals surface area (Å²) >= 11 is 12.0. The van der Waals surface area contributed by atoms with E-state index in [1.165, 1.54) is 0 Å². The highest BCUT2D eigenvalue weighted by Gasteiger charge is 2.11. The second kappa shape index (κ2) is 5.41. The number of hydrogen-bond acceptors (Lipinski definition) is 2. The summed E-state index contributed by atoms with van der Waals surface area (Å²) in [6, 6.07) is 15.2. The topological polar surface area (TPSA) is 38.9 Å². The smallest absolute Gasteiger partial charge is 0.0705 e. The molecule has 0 spiro atoms. The Morgan fingerprint density at radius 2 is 1.65 bits per heavy atom. The van der Waals surface area contributed by atoms with Gasteiger partial charge in [0, 0.05) is 11.6 Å². The van der Waals surface area contributed by atoms with E-state index in [0.29, 0.717) is 10.0 Å². The van der Waals surface area contributed by atoms with E-state index in [9.17, 15) is 0 Å². The van der Waals surface area contributed by atoms with Crippen LogP contribution in [-0.2, 0) is 0 Å². The van der Waals surface area contributed by atoms with Gasteiger partial charge in [0.2, 0.25) is 0 Å². The first-order valence-electron chi connectivity index (χ1n) is 6.20. The highest BCUT2D eigenvalue weighted by atomic mass is 35.5. The Bertz CT molecular complexity index is 771. The fourth-order valence-electron chi connectivity index (χ4n) is 2.18. The maximum atomic E-state index is 6.30. The van der Waals surface area contributed by atoms with Crippen LogP contribution in [-0.4, -0.2) is 4.98 Å². The molecule has 2 aromatic carbocycles. The van der Waals surface area contributed by atoms with E-state index in [2.05, 4.69) is 4.98 Å². The van der Waals surface area contributed by atoms with Crippen LogP contribution in [0.25, 0.3) is 10.9 Å². The zero-order valence-corrected chi connectivity index (χ0v) is 12.1. The van der Waals surface area contributed by atoms with Gasteiger partial charge in [0.1, 0.15) is 0 Å². The van der Waals surface area contributed by atoms with Crippen molar-refractivity contribution < 1.29 is 0 Å². The number of pyridine rings is 1. The molecule has 0 aliphatic heterocycles. The molecule has 1 aromatic heterocycles. The Kier molecular flexibility index (Phi) is 3.62. The van der Waals surface area contributed by atoms with Crippen molar-refractivity contribution in [1.29, 1.82) is 0 Å². The summed E-state index contributed by atoms with van der Waals surface area (Å²) in [5.74, 6) is 0. The van der Waals surface area contributed by atoms with Gasteiger partial charge in [-0.15, -0.1) is 0 Å². The van der Waals surface area contributed by atoms with Gasteiger partial charge in [-0.3, -0.25) is 4.98 Å². The van der Waals surface area contributed by atoms with Crippen LogP contribution < -0.4 is 5.73 Å². The van der Waals surface area contributed by atoms with Crippen LogP contribution in [0.3, 0.4) is 0 Å². The molecule has 2 nitrogen and oxygen atoms in total. The van der Waals surface area contributed by atoms with Crippen LogP contribution in [0.2, 0.25) is 10.0 Å². The second-order valence-corrected chi connectivity index (χ2v) is 5.42.